The zero-order valence-electron chi connectivity index (χ0n) is 19.0. The standard InChI is InChI=1S/2C13H14N2O/c2*1-8-13-11(5-6-14-8)10-4-3-9(16-2)7-12(10)15-13/h2*3-4,7,15H,5-6H2,1-2H3. The van der Waals surface area contributed by atoms with Crippen molar-refractivity contribution in [2.24, 2.45) is 9.98 Å². The lowest BCUT2D eigenvalue weighted by Crippen LogP contribution is -2.08. The number of fused-ring (bicyclic) bond motifs is 6. The lowest BCUT2D eigenvalue weighted by atomic mass is 10.0. The molecular weight excluding hydrogens is 400 g/mol. The molecule has 2 aliphatic heterocycles. The molecule has 0 amide bonds. The molecule has 0 atom stereocenters. The van der Waals surface area contributed by atoms with Gasteiger partial charge in [-0.05, 0) is 62.1 Å². The van der Waals surface area contributed by atoms with Crippen molar-refractivity contribution in [1.82, 2.24) is 9.97 Å². The van der Waals surface area contributed by atoms with Gasteiger partial charge in [0.25, 0.3) is 0 Å². The predicted octanol–water partition coefficient (Wildman–Crippen LogP) is 5.08. The molecule has 0 fully saturated rings. The molecule has 0 saturated heterocycles. The van der Waals surface area contributed by atoms with Crippen LogP contribution in [0.1, 0.15) is 36.4 Å². The fraction of sp³-hybridized carbons (Fsp3) is 0.308. The first-order valence-electron chi connectivity index (χ1n) is 11.0. The van der Waals surface area contributed by atoms with Crippen molar-refractivity contribution in [3.63, 3.8) is 0 Å². The molecule has 2 aromatic carbocycles. The zero-order valence-corrected chi connectivity index (χ0v) is 19.0. The average molecular weight is 429 g/mol. The highest BCUT2D eigenvalue weighted by Gasteiger charge is 2.17. The quantitative estimate of drug-likeness (QED) is 0.467. The summed E-state index contributed by atoms with van der Waals surface area (Å²) in [6, 6.07) is 12.4. The summed E-state index contributed by atoms with van der Waals surface area (Å²) >= 11 is 0. The van der Waals surface area contributed by atoms with Gasteiger partial charge >= 0.3 is 0 Å². The molecule has 0 aliphatic carbocycles. The van der Waals surface area contributed by atoms with E-state index in [1.54, 1.807) is 14.2 Å². The summed E-state index contributed by atoms with van der Waals surface area (Å²) in [4.78, 5) is 15.8. The number of nitrogens with one attached hydrogen (secondary N) is 2. The van der Waals surface area contributed by atoms with E-state index in [0.717, 1.165) is 59.9 Å². The van der Waals surface area contributed by atoms with Crippen molar-refractivity contribution in [3.8, 4) is 11.5 Å². The molecule has 2 aliphatic rings. The van der Waals surface area contributed by atoms with Gasteiger partial charge in [0.05, 0.1) is 37.0 Å². The molecule has 0 radical (unpaired) electrons. The highest BCUT2D eigenvalue weighted by molar-refractivity contribution is 6.05. The first kappa shape index (κ1) is 20.4. The molecule has 0 bridgehead atoms. The van der Waals surface area contributed by atoms with Crippen LogP contribution in [0.2, 0.25) is 0 Å². The van der Waals surface area contributed by atoms with Crippen LogP contribution in [-0.2, 0) is 12.8 Å². The minimum Gasteiger partial charge on any atom is -0.497 e. The Morgan fingerprint density at radius 1 is 0.688 bits per heavy atom. The third-order valence-corrected chi connectivity index (χ3v) is 6.37. The first-order valence-corrected chi connectivity index (χ1v) is 11.0. The SMILES string of the molecule is COc1ccc2c3c([nH]c2c1)C(C)=NCC3.COc1ccc2c3c([nH]c2c1)C(C)=NCC3. The second-order valence-electron chi connectivity index (χ2n) is 8.21. The number of nitrogens with zero attached hydrogens (tertiary/aromatic N) is 2. The van der Waals surface area contributed by atoms with Crippen molar-refractivity contribution < 1.29 is 9.47 Å². The van der Waals surface area contributed by atoms with E-state index in [0.29, 0.717) is 0 Å². The first-order chi connectivity index (χ1) is 15.6. The number of hydrogen-bond acceptors (Lipinski definition) is 4. The summed E-state index contributed by atoms with van der Waals surface area (Å²) in [5.74, 6) is 1.78. The lowest BCUT2D eigenvalue weighted by molar-refractivity contribution is 0.415. The van der Waals surface area contributed by atoms with Crippen LogP contribution in [0.3, 0.4) is 0 Å². The molecule has 2 aromatic heterocycles. The molecule has 6 heteroatoms. The lowest BCUT2D eigenvalue weighted by Gasteiger charge is -2.09. The highest BCUT2D eigenvalue weighted by Crippen LogP contribution is 2.30. The van der Waals surface area contributed by atoms with Crippen molar-refractivity contribution in [1.29, 1.82) is 0 Å². The second-order valence-corrected chi connectivity index (χ2v) is 8.21. The fourth-order valence-corrected chi connectivity index (χ4v) is 4.69. The van der Waals surface area contributed by atoms with Crippen LogP contribution in [0.15, 0.2) is 46.4 Å². The molecule has 0 unspecified atom stereocenters. The number of methoxy groups -OCH3 is 2. The van der Waals surface area contributed by atoms with Crippen LogP contribution in [0, 0.1) is 0 Å². The molecule has 6 rings (SSSR count). The second kappa shape index (κ2) is 8.19. The number of benzene rings is 2. The summed E-state index contributed by atoms with van der Waals surface area (Å²) in [6.45, 7) is 5.92. The number of aromatic nitrogens is 2. The van der Waals surface area contributed by atoms with Gasteiger partial charge in [0.2, 0.25) is 0 Å². The predicted molar refractivity (Wildman–Crippen MR) is 131 cm³/mol. The van der Waals surface area contributed by atoms with Gasteiger partial charge in [-0.2, -0.15) is 0 Å². The molecule has 2 N–H and O–H groups in total. The number of ether oxygens (including phenoxy) is 2. The van der Waals surface area contributed by atoms with Gasteiger partial charge < -0.3 is 19.4 Å². The molecule has 0 saturated carbocycles. The highest BCUT2D eigenvalue weighted by atomic mass is 16.5. The van der Waals surface area contributed by atoms with E-state index in [2.05, 4.69) is 45.9 Å². The Bertz CT molecular complexity index is 1270. The Kier molecular flexibility index (Phi) is 5.21. The Labute approximate surface area is 187 Å². The minimum absolute atomic E-state index is 0.890. The Hall–Kier alpha value is -3.54. The summed E-state index contributed by atoms with van der Waals surface area (Å²) in [6.07, 6.45) is 2.05. The Balaban J connectivity index is 0.000000135. The van der Waals surface area contributed by atoms with E-state index in [9.17, 15) is 0 Å². The van der Waals surface area contributed by atoms with Crippen LogP contribution in [0.4, 0.5) is 0 Å². The third-order valence-electron chi connectivity index (χ3n) is 6.37. The summed E-state index contributed by atoms with van der Waals surface area (Å²) in [7, 11) is 3.38. The Morgan fingerprint density at radius 3 is 1.53 bits per heavy atom. The Morgan fingerprint density at radius 2 is 1.12 bits per heavy atom. The molecular formula is C26H28N4O2. The molecule has 0 spiro atoms. The summed E-state index contributed by atoms with van der Waals surface area (Å²) < 4.78 is 10.5. The van der Waals surface area contributed by atoms with Gasteiger partial charge in [0.15, 0.2) is 0 Å². The van der Waals surface area contributed by atoms with E-state index in [1.165, 1.54) is 33.3 Å². The number of H-pyrrole nitrogens is 2. The molecule has 6 nitrogen and oxygen atoms in total. The van der Waals surface area contributed by atoms with Crippen molar-refractivity contribution in [3.05, 3.63) is 58.9 Å². The van der Waals surface area contributed by atoms with Crippen LogP contribution in [0.25, 0.3) is 21.8 Å². The van der Waals surface area contributed by atoms with E-state index in [-0.39, 0.29) is 0 Å². The van der Waals surface area contributed by atoms with E-state index >= 15 is 0 Å². The monoisotopic (exact) mass is 428 g/mol. The third kappa shape index (κ3) is 3.45. The van der Waals surface area contributed by atoms with Gasteiger partial charge in [-0.25, -0.2) is 0 Å². The molecule has 4 aromatic rings. The van der Waals surface area contributed by atoms with Crippen LogP contribution < -0.4 is 9.47 Å². The van der Waals surface area contributed by atoms with Crippen molar-refractivity contribution in [2.45, 2.75) is 26.7 Å². The van der Waals surface area contributed by atoms with Gasteiger partial charge in [0.1, 0.15) is 11.5 Å². The van der Waals surface area contributed by atoms with Gasteiger partial charge in [-0.3, -0.25) is 9.98 Å². The topological polar surface area (TPSA) is 74.8 Å². The average Bonchev–Trinajstić information content (AvgIpc) is 3.38. The van der Waals surface area contributed by atoms with Crippen molar-refractivity contribution >= 4 is 33.2 Å². The van der Waals surface area contributed by atoms with Crippen LogP contribution in [-0.4, -0.2) is 48.7 Å². The largest absolute Gasteiger partial charge is 0.497 e. The number of aliphatic imine (C=N–C) groups is 2. The molecule has 164 valence electrons. The van der Waals surface area contributed by atoms with Gasteiger partial charge in [-0.15, -0.1) is 0 Å². The number of hydrogen-bond donors (Lipinski definition) is 2. The maximum Gasteiger partial charge on any atom is 0.120 e. The smallest absolute Gasteiger partial charge is 0.120 e. The van der Waals surface area contributed by atoms with Gasteiger partial charge in [0, 0.05) is 47.0 Å². The summed E-state index contributed by atoms with van der Waals surface area (Å²) in [5, 5.41) is 2.59. The number of aromatic amines is 2. The molecule has 4 heterocycles. The minimum atomic E-state index is 0.890. The normalized spacial score (nSPS) is 14.8. The van der Waals surface area contributed by atoms with E-state index in [1.807, 2.05) is 24.3 Å². The maximum atomic E-state index is 5.23. The van der Waals surface area contributed by atoms with Gasteiger partial charge in [-0.1, -0.05) is 0 Å². The van der Waals surface area contributed by atoms with Crippen molar-refractivity contribution in [2.75, 3.05) is 27.3 Å². The summed E-state index contributed by atoms with van der Waals surface area (Å²) in [5.41, 5.74) is 9.66. The van der Waals surface area contributed by atoms with Crippen LogP contribution >= 0.6 is 0 Å². The molecule has 32 heavy (non-hydrogen) atoms. The maximum absolute atomic E-state index is 5.23. The number of rotatable bonds is 2. The zero-order chi connectivity index (χ0) is 22.2. The fourth-order valence-electron chi connectivity index (χ4n) is 4.69. The van der Waals surface area contributed by atoms with E-state index in [4.69, 9.17) is 9.47 Å². The van der Waals surface area contributed by atoms with E-state index < -0.39 is 0 Å². The van der Waals surface area contributed by atoms with Crippen LogP contribution in [0.5, 0.6) is 11.5 Å².